The van der Waals surface area contributed by atoms with Crippen molar-refractivity contribution in [3.63, 3.8) is 0 Å². The lowest BCUT2D eigenvalue weighted by Gasteiger charge is -2.29. The van der Waals surface area contributed by atoms with Gasteiger partial charge in [0, 0.05) is 18.8 Å². The van der Waals surface area contributed by atoms with Crippen molar-refractivity contribution in [1.82, 2.24) is 4.90 Å². The second-order valence-electron chi connectivity index (χ2n) is 8.90. The number of carbonyl (C=O) groups excluding carboxylic acids is 2. The molecule has 4 nitrogen and oxygen atoms in total. The highest BCUT2D eigenvalue weighted by atomic mass is 16.2. The maximum Gasteiger partial charge on any atom is 0.278 e. The third-order valence-electron chi connectivity index (χ3n) is 6.81. The van der Waals surface area contributed by atoms with Crippen molar-refractivity contribution in [2.24, 2.45) is 0 Å². The van der Waals surface area contributed by atoms with Crippen molar-refractivity contribution in [3.8, 4) is 0 Å². The molecule has 2 aromatic carbocycles. The van der Waals surface area contributed by atoms with Gasteiger partial charge in [-0.25, -0.2) is 0 Å². The summed E-state index contributed by atoms with van der Waals surface area (Å²) in [7, 11) is 1.89. The van der Waals surface area contributed by atoms with Gasteiger partial charge in [-0.1, -0.05) is 68.5 Å². The number of aryl methyl sites for hydroxylation is 2. The molecule has 4 heteroatoms. The van der Waals surface area contributed by atoms with E-state index in [4.69, 9.17) is 0 Å². The van der Waals surface area contributed by atoms with E-state index in [-0.39, 0.29) is 17.9 Å². The summed E-state index contributed by atoms with van der Waals surface area (Å²) in [5.74, 6) is -0.299. The summed E-state index contributed by atoms with van der Waals surface area (Å²) in [6, 6.07) is 15.9. The van der Waals surface area contributed by atoms with Gasteiger partial charge >= 0.3 is 0 Å². The number of imide groups is 1. The van der Waals surface area contributed by atoms with Crippen LogP contribution >= 0.6 is 0 Å². The predicted octanol–water partition coefficient (Wildman–Crippen LogP) is 5.63. The van der Waals surface area contributed by atoms with Crippen LogP contribution in [0.5, 0.6) is 0 Å². The normalized spacial score (nSPS) is 18.4. The van der Waals surface area contributed by atoms with Crippen LogP contribution in [0.1, 0.15) is 61.6 Å². The van der Waals surface area contributed by atoms with Gasteiger partial charge in [0.05, 0.1) is 5.57 Å². The first-order chi connectivity index (χ1) is 15.0. The van der Waals surface area contributed by atoms with Crippen LogP contribution in [-0.2, 0) is 9.59 Å². The summed E-state index contributed by atoms with van der Waals surface area (Å²) in [5, 5.41) is 0. The van der Waals surface area contributed by atoms with E-state index in [0.717, 1.165) is 42.5 Å². The number of hydrogen-bond donors (Lipinski definition) is 0. The molecule has 4 rings (SSSR count). The molecule has 31 heavy (non-hydrogen) atoms. The van der Waals surface area contributed by atoms with Gasteiger partial charge in [0.2, 0.25) is 0 Å². The first kappa shape index (κ1) is 21.4. The molecule has 0 atom stereocenters. The molecule has 1 aliphatic heterocycles. The molecule has 0 spiro atoms. The molecule has 2 aliphatic rings. The molecule has 1 saturated carbocycles. The maximum atomic E-state index is 13.8. The highest BCUT2D eigenvalue weighted by Crippen LogP contribution is 2.37. The largest absolute Gasteiger partial charge is 0.339 e. The van der Waals surface area contributed by atoms with Crippen LogP contribution in [0.3, 0.4) is 0 Å². The molecule has 1 aliphatic carbocycles. The van der Waals surface area contributed by atoms with Crippen molar-refractivity contribution in [2.75, 3.05) is 11.9 Å². The molecular weight excluding hydrogens is 384 g/mol. The fourth-order valence-corrected chi connectivity index (χ4v) is 4.81. The molecule has 0 radical (unpaired) electrons. The van der Waals surface area contributed by atoms with Crippen molar-refractivity contribution < 1.29 is 9.59 Å². The molecule has 0 N–H and O–H groups in total. The van der Waals surface area contributed by atoms with E-state index in [1.807, 2.05) is 67.4 Å². The number of likely N-dealkylation sites (N-methyl/N-ethyl adjacent to an activating group) is 1. The lowest BCUT2D eigenvalue weighted by atomic mass is 9.95. The van der Waals surface area contributed by atoms with E-state index in [2.05, 4.69) is 6.92 Å². The third-order valence-corrected chi connectivity index (χ3v) is 6.81. The number of hydrogen-bond acceptors (Lipinski definition) is 3. The Labute approximate surface area is 185 Å². The number of rotatable bonds is 4. The van der Waals surface area contributed by atoms with Gasteiger partial charge in [-0.15, -0.1) is 0 Å². The Balaban J connectivity index is 1.79. The van der Waals surface area contributed by atoms with Gasteiger partial charge in [-0.05, 0) is 55.5 Å². The molecule has 1 fully saturated rings. The number of para-hydroxylation sites is 1. The third kappa shape index (κ3) is 4.16. The first-order valence-electron chi connectivity index (χ1n) is 11.5. The molecule has 2 amide bonds. The molecule has 0 aromatic heterocycles. The minimum atomic E-state index is -0.157. The molecule has 2 aromatic rings. The van der Waals surface area contributed by atoms with E-state index in [9.17, 15) is 9.59 Å². The Hall–Kier alpha value is -2.88. The van der Waals surface area contributed by atoms with Gasteiger partial charge in [0.25, 0.3) is 11.8 Å². The first-order valence-corrected chi connectivity index (χ1v) is 11.5. The second kappa shape index (κ2) is 9.09. The number of amides is 2. The second-order valence-corrected chi connectivity index (χ2v) is 8.90. The van der Waals surface area contributed by atoms with Crippen LogP contribution in [-0.4, -0.2) is 29.8 Å². The van der Waals surface area contributed by atoms with E-state index in [0.29, 0.717) is 11.3 Å². The highest BCUT2D eigenvalue weighted by Gasteiger charge is 2.44. The minimum absolute atomic E-state index is 0.0106. The number of nitrogens with zero attached hydrogens (tertiary/aromatic N) is 2. The molecule has 0 saturated heterocycles. The lowest BCUT2D eigenvalue weighted by Crippen LogP contribution is -2.42. The Morgan fingerprint density at radius 2 is 1.45 bits per heavy atom. The molecule has 1 heterocycles. The summed E-state index contributed by atoms with van der Waals surface area (Å²) in [6.07, 6.45) is 7.57. The van der Waals surface area contributed by atoms with E-state index in [1.54, 1.807) is 4.90 Å². The van der Waals surface area contributed by atoms with Crippen LogP contribution in [0.25, 0.3) is 5.57 Å². The Kier molecular flexibility index (Phi) is 6.26. The van der Waals surface area contributed by atoms with E-state index >= 15 is 0 Å². The SMILES string of the molecule is Cc1ccc(C2=C(N(C)c3ccccc3)C(=O)N(C3CCCCCCC3)C2=O)cc1C. The zero-order valence-corrected chi connectivity index (χ0v) is 18.9. The fraction of sp³-hybridized carbons (Fsp3) is 0.407. The standard InChI is InChI=1S/C27H32N2O2/c1-19-16-17-21(18-20(19)2)24-25(28(3)22-12-10-7-11-13-22)27(31)29(26(24)30)23-14-8-5-4-6-9-15-23/h7,10-13,16-18,23H,4-6,8-9,14-15H2,1-3H3. The number of anilines is 1. The average Bonchev–Trinajstić information content (AvgIpc) is 3.00. The van der Waals surface area contributed by atoms with Crippen molar-refractivity contribution in [1.29, 1.82) is 0 Å². The predicted molar refractivity (Wildman–Crippen MR) is 126 cm³/mol. The van der Waals surface area contributed by atoms with E-state index < -0.39 is 0 Å². The van der Waals surface area contributed by atoms with Gasteiger partial charge in [0.15, 0.2) is 0 Å². The monoisotopic (exact) mass is 416 g/mol. The molecular formula is C27H32N2O2. The Morgan fingerprint density at radius 1 is 0.806 bits per heavy atom. The Morgan fingerprint density at radius 3 is 2.10 bits per heavy atom. The molecule has 0 bridgehead atoms. The topological polar surface area (TPSA) is 40.6 Å². The zero-order valence-electron chi connectivity index (χ0n) is 18.9. The quantitative estimate of drug-likeness (QED) is 0.606. The average molecular weight is 417 g/mol. The van der Waals surface area contributed by atoms with Gasteiger partial charge < -0.3 is 4.90 Å². The fourth-order valence-electron chi connectivity index (χ4n) is 4.81. The smallest absolute Gasteiger partial charge is 0.278 e. The van der Waals surface area contributed by atoms with Crippen LogP contribution < -0.4 is 4.90 Å². The van der Waals surface area contributed by atoms with E-state index in [1.165, 1.54) is 24.8 Å². The maximum absolute atomic E-state index is 13.8. The van der Waals surface area contributed by atoms with Crippen LogP contribution in [0.2, 0.25) is 0 Å². The Bertz CT molecular complexity index is 1000. The summed E-state index contributed by atoms with van der Waals surface area (Å²) < 4.78 is 0. The van der Waals surface area contributed by atoms with Gasteiger partial charge in [0.1, 0.15) is 5.70 Å². The molecule has 0 unspecified atom stereocenters. The van der Waals surface area contributed by atoms with Gasteiger partial charge in [-0.3, -0.25) is 14.5 Å². The number of benzene rings is 2. The van der Waals surface area contributed by atoms with Crippen molar-refractivity contribution in [2.45, 2.75) is 64.8 Å². The summed E-state index contributed by atoms with van der Waals surface area (Å²) >= 11 is 0. The summed E-state index contributed by atoms with van der Waals surface area (Å²) in [6.45, 7) is 4.11. The van der Waals surface area contributed by atoms with Crippen LogP contribution in [0.4, 0.5) is 5.69 Å². The van der Waals surface area contributed by atoms with Crippen molar-refractivity contribution in [3.05, 3.63) is 70.9 Å². The summed E-state index contributed by atoms with van der Waals surface area (Å²) in [5.41, 5.74) is 5.04. The summed E-state index contributed by atoms with van der Waals surface area (Å²) in [4.78, 5) is 31.0. The number of carbonyl (C=O) groups is 2. The van der Waals surface area contributed by atoms with Crippen molar-refractivity contribution >= 4 is 23.1 Å². The highest BCUT2D eigenvalue weighted by molar-refractivity contribution is 6.36. The molecule has 162 valence electrons. The van der Waals surface area contributed by atoms with Gasteiger partial charge in [-0.2, -0.15) is 0 Å². The minimum Gasteiger partial charge on any atom is -0.339 e. The van der Waals surface area contributed by atoms with Crippen LogP contribution in [0.15, 0.2) is 54.2 Å². The lowest BCUT2D eigenvalue weighted by molar-refractivity contribution is -0.140. The van der Waals surface area contributed by atoms with Crippen LogP contribution in [0, 0.1) is 13.8 Å². The zero-order chi connectivity index (χ0) is 22.0.